The molecule has 1 unspecified atom stereocenters. The first-order valence-electron chi connectivity index (χ1n) is 15.3. The number of carbonyl (C=O) groups is 3. The molecule has 10 nitrogen and oxygen atoms in total. The van der Waals surface area contributed by atoms with Crippen LogP contribution in [0.15, 0.2) is 101 Å². The van der Waals surface area contributed by atoms with Gasteiger partial charge in [0.15, 0.2) is 16.6 Å². The van der Waals surface area contributed by atoms with Gasteiger partial charge in [-0.1, -0.05) is 47.5 Å². The summed E-state index contributed by atoms with van der Waals surface area (Å²) in [5.41, 5.74) is 2.81. The number of nitrogens with zero attached hydrogens (tertiary/aromatic N) is 1. The zero-order valence-corrected chi connectivity index (χ0v) is 30.9. The lowest BCUT2D eigenvalue weighted by Gasteiger charge is -2.15. The molecule has 0 saturated heterocycles. The zero-order valence-electron chi connectivity index (χ0n) is 27.8. The van der Waals surface area contributed by atoms with Crippen LogP contribution in [-0.2, 0) is 9.59 Å². The zero-order chi connectivity index (χ0) is 36.5. The molecule has 0 radical (unpaired) electrons. The molecule has 0 saturated carbocycles. The highest BCUT2D eigenvalue weighted by molar-refractivity contribution is 8.00. The number of aromatic nitrogens is 1. The van der Waals surface area contributed by atoms with Crippen molar-refractivity contribution in [2.24, 2.45) is 0 Å². The molecule has 14 heteroatoms. The first kappa shape index (κ1) is 37.3. The van der Waals surface area contributed by atoms with Gasteiger partial charge in [0.1, 0.15) is 5.70 Å². The standard InChI is InChI=1S/C37H32Cl2N4O6S2/c1-21(34(44)43-37-42-30(20-50-37)24-10-15-27(38)28(39)19-24)51-26-13-11-25(12-14-26)40-36(46)29(41-35(45)23-8-6-5-7-9-23)16-22-17-31(47-2)33(49-4)32(18-22)48-3/h5-21H,1-4H3,(H,40,46)(H,41,45)(H,42,43,44)/b29-16-. The van der Waals surface area contributed by atoms with Crippen LogP contribution in [0.5, 0.6) is 17.2 Å². The summed E-state index contributed by atoms with van der Waals surface area (Å²) in [6.45, 7) is 1.79. The summed E-state index contributed by atoms with van der Waals surface area (Å²) in [5.74, 6) is -0.0980. The average Bonchev–Trinajstić information content (AvgIpc) is 3.61. The van der Waals surface area contributed by atoms with E-state index in [0.29, 0.717) is 54.9 Å². The third kappa shape index (κ3) is 9.62. The maximum Gasteiger partial charge on any atom is 0.272 e. The van der Waals surface area contributed by atoms with E-state index in [1.54, 1.807) is 85.8 Å². The molecule has 5 aromatic rings. The number of ether oxygens (including phenoxy) is 3. The van der Waals surface area contributed by atoms with Gasteiger partial charge in [-0.25, -0.2) is 4.98 Å². The molecule has 0 aliphatic heterocycles. The van der Waals surface area contributed by atoms with Crippen LogP contribution in [0.1, 0.15) is 22.8 Å². The van der Waals surface area contributed by atoms with Crippen LogP contribution >= 0.6 is 46.3 Å². The smallest absolute Gasteiger partial charge is 0.272 e. The Bertz CT molecular complexity index is 2050. The molecule has 1 heterocycles. The summed E-state index contributed by atoms with van der Waals surface area (Å²) in [6, 6.07) is 24.1. The number of hydrogen-bond acceptors (Lipinski definition) is 9. The van der Waals surface area contributed by atoms with Crippen LogP contribution in [0.3, 0.4) is 0 Å². The quantitative estimate of drug-likeness (QED) is 0.0804. The van der Waals surface area contributed by atoms with Crippen LogP contribution in [0.4, 0.5) is 10.8 Å². The van der Waals surface area contributed by atoms with Gasteiger partial charge in [-0.3, -0.25) is 14.4 Å². The van der Waals surface area contributed by atoms with E-state index in [1.165, 1.54) is 50.5 Å². The van der Waals surface area contributed by atoms with Crippen LogP contribution in [0.25, 0.3) is 17.3 Å². The molecule has 5 rings (SSSR count). The Kier molecular flexibility index (Phi) is 12.6. The van der Waals surface area contributed by atoms with E-state index in [2.05, 4.69) is 20.9 Å². The van der Waals surface area contributed by atoms with E-state index in [9.17, 15) is 14.4 Å². The molecule has 0 aliphatic rings. The Morgan fingerprint density at radius 3 is 2.16 bits per heavy atom. The Labute approximate surface area is 313 Å². The van der Waals surface area contributed by atoms with Crippen molar-refractivity contribution in [3.63, 3.8) is 0 Å². The summed E-state index contributed by atoms with van der Waals surface area (Å²) in [7, 11) is 4.47. The lowest BCUT2D eigenvalue weighted by molar-refractivity contribution is -0.115. The Morgan fingerprint density at radius 2 is 1.53 bits per heavy atom. The highest BCUT2D eigenvalue weighted by Crippen LogP contribution is 2.39. The topological polar surface area (TPSA) is 128 Å². The molecule has 0 aliphatic carbocycles. The average molecular weight is 764 g/mol. The highest BCUT2D eigenvalue weighted by Gasteiger charge is 2.19. The largest absolute Gasteiger partial charge is 0.493 e. The van der Waals surface area contributed by atoms with Gasteiger partial charge in [-0.2, -0.15) is 0 Å². The molecule has 262 valence electrons. The number of nitrogens with one attached hydrogen (secondary N) is 3. The Balaban J connectivity index is 1.27. The van der Waals surface area contributed by atoms with E-state index in [1.807, 2.05) is 11.4 Å². The molecular weight excluding hydrogens is 731 g/mol. The predicted octanol–water partition coefficient (Wildman–Crippen LogP) is 8.67. The number of hydrogen-bond donors (Lipinski definition) is 3. The normalized spacial score (nSPS) is 11.7. The van der Waals surface area contributed by atoms with Gasteiger partial charge in [-0.05, 0) is 79.2 Å². The lowest BCUT2D eigenvalue weighted by Crippen LogP contribution is -2.30. The number of rotatable bonds is 13. The first-order chi connectivity index (χ1) is 24.6. The molecule has 3 N–H and O–H groups in total. The number of thiazole rings is 1. The number of carbonyl (C=O) groups excluding carboxylic acids is 3. The fourth-order valence-electron chi connectivity index (χ4n) is 4.69. The number of halogens is 2. The summed E-state index contributed by atoms with van der Waals surface area (Å²) >= 11 is 14.8. The minimum Gasteiger partial charge on any atom is -0.493 e. The Morgan fingerprint density at radius 1 is 0.843 bits per heavy atom. The van der Waals surface area contributed by atoms with E-state index >= 15 is 0 Å². The second kappa shape index (κ2) is 17.3. The SMILES string of the molecule is COc1cc(/C=C(\NC(=O)c2ccccc2)C(=O)Nc2ccc(SC(C)C(=O)Nc3nc(-c4ccc(Cl)c(Cl)c4)cs3)cc2)cc(OC)c1OC. The van der Waals surface area contributed by atoms with Gasteiger partial charge >= 0.3 is 0 Å². The molecule has 1 atom stereocenters. The van der Waals surface area contributed by atoms with Gasteiger partial charge in [0.25, 0.3) is 11.8 Å². The minimum absolute atomic E-state index is 0.0219. The van der Waals surface area contributed by atoms with Crippen LogP contribution < -0.4 is 30.2 Å². The number of anilines is 2. The molecule has 0 spiro atoms. The third-order valence-electron chi connectivity index (χ3n) is 7.27. The van der Waals surface area contributed by atoms with E-state index in [0.717, 1.165) is 10.5 Å². The Hall–Kier alpha value is -5.01. The summed E-state index contributed by atoms with van der Waals surface area (Å²) in [4.78, 5) is 45.0. The van der Waals surface area contributed by atoms with E-state index in [-0.39, 0.29) is 11.6 Å². The van der Waals surface area contributed by atoms with Crippen molar-refractivity contribution in [2.75, 3.05) is 32.0 Å². The van der Waals surface area contributed by atoms with E-state index in [4.69, 9.17) is 37.4 Å². The number of benzene rings is 4. The van der Waals surface area contributed by atoms with Crippen LogP contribution in [-0.4, -0.2) is 49.3 Å². The molecule has 0 fully saturated rings. The van der Waals surface area contributed by atoms with Crippen LogP contribution in [0.2, 0.25) is 10.0 Å². The van der Waals surface area contributed by atoms with Crippen molar-refractivity contribution in [3.05, 3.63) is 117 Å². The van der Waals surface area contributed by atoms with Crippen molar-refractivity contribution in [3.8, 4) is 28.5 Å². The molecular formula is C37H32Cl2N4O6S2. The van der Waals surface area contributed by atoms with Crippen molar-refractivity contribution in [1.82, 2.24) is 10.3 Å². The second-order valence-electron chi connectivity index (χ2n) is 10.7. The van der Waals surface area contributed by atoms with Gasteiger partial charge in [-0.15, -0.1) is 23.1 Å². The first-order valence-corrected chi connectivity index (χ1v) is 17.8. The second-order valence-corrected chi connectivity index (χ2v) is 13.8. The van der Waals surface area contributed by atoms with Crippen molar-refractivity contribution in [2.45, 2.75) is 17.1 Å². The monoisotopic (exact) mass is 762 g/mol. The lowest BCUT2D eigenvalue weighted by atomic mass is 10.1. The molecule has 4 aromatic carbocycles. The van der Waals surface area contributed by atoms with E-state index < -0.39 is 17.1 Å². The summed E-state index contributed by atoms with van der Waals surface area (Å²) in [5, 5.41) is 11.1. The number of amides is 3. The predicted molar refractivity (Wildman–Crippen MR) is 205 cm³/mol. The molecule has 0 bridgehead atoms. The summed E-state index contributed by atoms with van der Waals surface area (Å²) < 4.78 is 16.3. The van der Waals surface area contributed by atoms with Crippen molar-refractivity contribution < 1.29 is 28.6 Å². The fraction of sp³-hybridized carbons (Fsp3) is 0.135. The van der Waals surface area contributed by atoms with Crippen LogP contribution in [0, 0.1) is 0 Å². The molecule has 3 amide bonds. The number of methoxy groups -OCH3 is 3. The minimum atomic E-state index is -0.565. The van der Waals surface area contributed by atoms with Crippen molar-refractivity contribution in [1.29, 1.82) is 0 Å². The molecule has 51 heavy (non-hydrogen) atoms. The highest BCUT2D eigenvalue weighted by atomic mass is 35.5. The summed E-state index contributed by atoms with van der Waals surface area (Å²) in [6.07, 6.45) is 1.52. The van der Waals surface area contributed by atoms with Gasteiger partial charge < -0.3 is 30.2 Å². The van der Waals surface area contributed by atoms with Crippen molar-refractivity contribution >= 4 is 80.9 Å². The maximum absolute atomic E-state index is 13.6. The maximum atomic E-state index is 13.6. The third-order valence-corrected chi connectivity index (χ3v) is 9.88. The molecule has 1 aromatic heterocycles. The number of thioether (sulfide) groups is 1. The van der Waals surface area contributed by atoms with Gasteiger partial charge in [0.05, 0.1) is 42.3 Å². The van der Waals surface area contributed by atoms with Gasteiger partial charge in [0.2, 0.25) is 11.7 Å². The van der Waals surface area contributed by atoms with Gasteiger partial charge in [0, 0.05) is 27.1 Å². The fourth-order valence-corrected chi connectivity index (χ4v) is 6.58.